The van der Waals surface area contributed by atoms with Crippen LogP contribution in [0.15, 0.2) is 54.6 Å². The number of nitrogens with one attached hydrogen (secondary N) is 1. The molecule has 1 unspecified atom stereocenters. The molecule has 25 heavy (non-hydrogen) atoms. The predicted octanol–water partition coefficient (Wildman–Crippen LogP) is 4.58. The third-order valence-electron chi connectivity index (χ3n) is 3.83. The quantitative estimate of drug-likeness (QED) is 0.454. The zero-order valence-electron chi connectivity index (χ0n) is 14.6. The van der Waals surface area contributed by atoms with Crippen molar-refractivity contribution in [3.63, 3.8) is 0 Å². The molecule has 0 saturated heterocycles. The lowest BCUT2D eigenvalue weighted by Crippen LogP contribution is -2.51. The minimum atomic E-state index is -0.769. The number of halogens is 1. The molecule has 0 fully saturated rings. The number of nitrogens with zero attached hydrogens (tertiary/aromatic N) is 1. The molecule has 0 bridgehead atoms. The summed E-state index contributed by atoms with van der Waals surface area (Å²) in [5.74, 6) is 0. The lowest BCUT2D eigenvalue weighted by atomic mass is 10.1. The van der Waals surface area contributed by atoms with E-state index in [1.807, 2.05) is 74.0 Å². The molecular formula is C20H22BrN2O2+. The molecule has 1 aliphatic rings. The first-order valence-electron chi connectivity index (χ1n) is 8.24. The summed E-state index contributed by atoms with van der Waals surface area (Å²) in [5.41, 5.74) is 2.71. The van der Waals surface area contributed by atoms with Gasteiger partial charge in [-0.3, -0.25) is 5.32 Å². The van der Waals surface area contributed by atoms with Crippen LogP contribution in [0.3, 0.4) is 0 Å². The lowest BCUT2D eigenvalue weighted by Gasteiger charge is -2.24. The number of amides is 1. The van der Waals surface area contributed by atoms with Gasteiger partial charge in [-0.05, 0) is 32.9 Å². The van der Waals surface area contributed by atoms with E-state index >= 15 is 0 Å². The summed E-state index contributed by atoms with van der Waals surface area (Å²) in [6.45, 7) is 5.56. The summed E-state index contributed by atoms with van der Waals surface area (Å²) < 4.78 is 6.72. The Labute approximate surface area is 156 Å². The monoisotopic (exact) mass is 401 g/mol. The Morgan fingerprint density at radius 1 is 1.16 bits per heavy atom. The Hall–Kier alpha value is -2.14. The molecule has 2 aromatic carbocycles. The molecule has 1 N–H and O–H groups in total. The molecule has 1 aliphatic heterocycles. The molecule has 4 nitrogen and oxygen atoms in total. The second-order valence-corrected chi connectivity index (χ2v) is 8.41. The fraction of sp³-hybridized carbons (Fsp3) is 0.300. The zero-order valence-corrected chi connectivity index (χ0v) is 16.2. The summed E-state index contributed by atoms with van der Waals surface area (Å²) >= 11 is 3.74. The predicted molar refractivity (Wildman–Crippen MR) is 103 cm³/mol. The van der Waals surface area contributed by atoms with E-state index in [2.05, 4.69) is 33.4 Å². The number of benzene rings is 2. The summed E-state index contributed by atoms with van der Waals surface area (Å²) in [4.78, 5) is 12.4. The van der Waals surface area contributed by atoms with E-state index in [4.69, 9.17) is 4.74 Å². The molecular weight excluding hydrogens is 380 g/mol. The number of ether oxygens (including phenoxy) is 1. The maximum absolute atomic E-state index is 12.4. The van der Waals surface area contributed by atoms with Crippen molar-refractivity contribution >= 4 is 33.9 Å². The van der Waals surface area contributed by atoms with Crippen LogP contribution in [-0.2, 0) is 11.2 Å². The van der Waals surface area contributed by atoms with Crippen molar-refractivity contribution in [2.75, 3.05) is 0 Å². The second-order valence-electron chi connectivity index (χ2n) is 7.10. The van der Waals surface area contributed by atoms with Gasteiger partial charge in [-0.2, -0.15) is 4.58 Å². The third-order valence-corrected chi connectivity index (χ3v) is 4.69. The number of alkyl halides is 1. The second kappa shape index (κ2) is 6.64. The van der Waals surface area contributed by atoms with E-state index in [0.29, 0.717) is 6.42 Å². The minimum Gasteiger partial charge on any atom is -0.444 e. The van der Waals surface area contributed by atoms with Crippen molar-refractivity contribution in [2.24, 2.45) is 0 Å². The van der Waals surface area contributed by atoms with Crippen LogP contribution in [0.4, 0.5) is 10.5 Å². The van der Waals surface area contributed by atoms with Crippen molar-refractivity contribution in [1.82, 2.24) is 5.32 Å². The van der Waals surface area contributed by atoms with Crippen LogP contribution in [0.2, 0.25) is 0 Å². The average molecular weight is 402 g/mol. The van der Waals surface area contributed by atoms with Gasteiger partial charge in [0.25, 0.3) is 0 Å². The Balaban J connectivity index is 1.98. The average Bonchev–Trinajstić information content (AvgIpc) is 2.78. The molecule has 1 atom stereocenters. The number of para-hydroxylation sites is 1. The molecule has 3 rings (SSSR count). The van der Waals surface area contributed by atoms with Gasteiger partial charge in [-0.25, -0.2) is 4.79 Å². The number of hydrogen-bond acceptors (Lipinski definition) is 2. The van der Waals surface area contributed by atoms with E-state index in [1.165, 1.54) is 0 Å². The van der Waals surface area contributed by atoms with Crippen molar-refractivity contribution in [2.45, 2.75) is 37.4 Å². The molecule has 0 spiro atoms. The van der Waals surface area contributed by atoms with Crippen LogP contribution >= 0.6 is 15.9 Å². The first-order valence-corrected chi connectivity index (χ1v) is 9.03. The molecule has 130 valence electrons. The Morgan fingerprint density at radius 3 is 2.48 bits per heavy atom. The van der Waals surface area contributed by atoms with Gasteiger partial charge in [0, 0.05) is 33.1 Å². The minimum absolute atomic E-state index is 0.455. The van der Waals surface area contributed by atoms with Crippen LogP contribution in [0.1, 0.15) is 31.9 Å². The molecule has 0 aromatic heterocycles. The Morgan fingerprint density at radius 2 is 1.80 bits per heavy atom. The molecule has 0 saturated carbocycles. The van der Waals surface area contributed by atoms with Crippen LogP contribution in [0, 0.1) is 0 Å². The summed E-state index contributed by atoms with van der Waals surface area (Å²) in [6.07, 6.45) is 2.20. The van der Waals surface area contributed by atoms with Crippen LogP contribution < -0.4 is 5.32 Å². The van der Waals surface area contributed by atoms with Gasteiger partial charge in [-0.1, -0.05) is 36.4 Å². The number of rotatable bonds is 2. The standard InChI is InChI=1S/C20H21BrN2O2/c1-19(2,3)25-18(24)22-20(21)13-16-11-7-8-12-17(16)23(20)14-15-9-5-4-6-10-15/h4-12,14H,13H2,1-3H3/p+1. The molecule has 2 aromatic rings. The maximum Gasteiger partial charge on any atom is 0.413 e. The number of carbonyl (C=O) groups is 1. The zero-order chi connectivity index (χ0) is 18.1. The van der Waals surface area contributed by atoms with E-state index < -0.39 is 16.3 Å². The first-order chi connectivity index (χ1) is 11.8. The van der Waals surface area contributed by atoms with E-state index in [9.17, 15) is 4.79 Å². The van der Waals surface area contributed by atoms with Crippen LogP contribution in [0.25, 0.3) is 0 Å². The number of carbonyl (C=O) groups excluding carboxylic acids is 1. The normalized spacial score (nSPS) is 21.0. The molecule has 5 heteroatoms. The third kappa shape index (κ3) is 4.10. The topological polar surface area (TPSA) is 41.3 Å². The van der Waals surface area contributed by atoms with E-state index in [1.54, 1.807) is 0 Å². The molecule has 1 heterocycles. The largest absolute Gasteiger partial charge is 0.444 e. The number of alkyl carbamates (subject to hydrolysis) is 1. The van der Waals surface area contributed by atoms with Gasteiger partial charge in [-0.15, -0.1) is 0 Å². The number of hydrogen-bond donors (Lipinski definition) is 1. The van der Waals surface area contributed by atoms with Crippen molar-refractivity contribution in [3.8, 4) is 0 Å². The lowest BCUT2D eigenvalue weighted by molar-refractivity contribution is -0.487. The van der Waals surface area contributed by atoms with Gasteiger partial charge in [0.15, 0.2) is 6.21 Å². The fourth-order valence-electron chi connectivity index (χ4n) is 2.85. The highest BCUT2D eigenvalue weighted by Gasteiger charge is 2.49. The van der Waals surface area contributed by atoms with Crippen LogP contribution in [-0.4, -0.2) is 27.1 Å². The van der Waals surface area contributed by atoms with Crippen molar-refractivity contribution in [3.05, 3.63) is 65.7 Å². The van der Waals surface area contributed by atoms with E-state index in [-0.39, 0.29) is 0 Å². The number of fused-ring (bicyclic) bond motifs is 1. The molecule has 0 aliphatic carbocycles. The summed E-state index contributed by atoms with van der Waals surface area (Å²) in [6, 6.07) is 18.1. The van der Waals surface area contributed by atoms with Gasteiger partial charge in [0.1, 0.15) is 5.60 Å². The van der Waals surface area contributed by atoms with Crippen molar-refractivity contribution < 1.29 is 14.1 Å². The Kier molecular flexibility index (Phi) is 4.69. The summed E-state index contributed by atoms with van der Waals surface area (Å²) in [5, 5.41) is 2.98. The highest BCUT2D eigenvalue weighted by Crippen LogP contribution is 2.39. The molecule has 1 amide bonds. The smallest absolute Gasteiger partial charge is 0.413 e. The van der Waals surface area contributed by atoms with E-state index in [0.717, 1.165) is 16.8 Å². The van der Waals surface area contributed by atoms with Crippen LogP contribution in [0.5, 0.6) is 0 Å². The fourth-order valence-corrected chi connectivity index (χ4v) is 3.61. The van der Waals surface area contributed by atoms with Gasteiger partial charge < -0.3 is 4.74 Å². The van der Waals surface area contributed by atoms with Gasteiger partial charge in [0.05, 0.1) is 6.42 Å². The molecule has 0 radical (unpaired) electrons. The highest BCUT2D eigenvalue weighted by atomic mass is 79.9. The van der Waals surface area contributed by atoms with Gasteiger partial charge in [0.2, 0.25) is 5.69 Å². The first kappa shape index (κ1) is 17.7. The SMILES string of the molecule is CC(C)(C)OC(=O)NC1(Br)Cc2ccccc2[N+]1=Cc1ccccc1. The Bertz CT molecular complexity index is 812. The maximum atomic E-state index is 12.4. The highest BCUT2D eigenvalue weighted by molar-refractivity contribution is 9.10. The van der Waals surface area contributed by atoms with Crippen molar-refractivity contribution in [1.29, 1.82) is 0 Å². The summed E-state index contributed by atoms with van der Waals surface area (Å²) in [7, 11) is 0. The van der Waals surface area contributed by atoms with Gasteiger partial charge >= 0.3 is 10.7 Å².